The van der Waals surface area contributed by atoms with E-state index in [4.69, 9.17) is 0 Å². The lowest BCUT2D eigenvalue weighted by atomic mass is 9.88. The molecule has 4 rings (SSSR count). The van der Waals surface area contributed by atoms with Crippen LogP contribution in [0.4, 0.5) is 4.39 Å². The van der Waals surface area contributed by atoms with Crippen LogP contribution in [-0.4, -0.2) is 30.6 Å². The first-order chi connectivity index (χ1) is 10.3. The molecule has 21 heavy (non-hydrogen) atoms. The second-order valence-electron chi connectivity index (χ2n) is 7.00. The van der Waals surface area contributed by atoms with Gasteiger partial charge in [-0.05, 0) is 80.8 Å². The fourth-order valence-electron chi connectivity index (χ4n) is 4.71. The van der Waals surface area contributed by atoms with Crippen molar-refractivity contribution in [2.75, 3.05) is 19.6 Å². The molecule has 1 N–H and O–H groups in total. The molecule has 0 radical (unpaired) electrons. The Kier molecular flexibility index (Phi) is 3.72. The van der Waals surface area contributed by atoms with E-state index < -0.39 is 0 Å². The fourth-order valence-corrected chi connectivity index (χ4v) is 4.71. The Morgan fingerprint density at radius 3 is 2.95 bits per heavy atom. The Balaban J connectivity index is 1.49. The average Bonchev–Trinajstić information content (AvgIpc) is 3.16. The molecule has 1 aromatic carbocycles. The highest BCUT2D eigenvalue weighted by Gasteiger charge is 2.34. The van der Waals surface area contributed by atoms with Crippen LogP contribution in [0.15, 0.2) is 18.2 Å². The minimum Gasteiger partial charge on any atom is -0.314 e. The van der Waals surface area contributed by atoms with Crippen molar-refractivity contribution >= 4 is 0 Å². The monoisotopic (exact) mass is 288 g/mol. The zero-order valence-corrected chi connectivity index (χ0v) is 12.7. The Hall–Kier alpha value is -0.930. The van der Waals surface area contributed by atoms with E-state index in [1.165, 1.54) is 62.9 Å². The summed E-state index contributed by atoms with van der Waals surface area (Å²) >= 11 is 0. The van der Waals surface area contributed by atoms with Crippen LogP contribution in [0.3, 0.4) is 0 Å². The SMILES string of the molecule is Fc1ccc2c(c1)CCC2N1CCCC(C2CCCN2)C1. The molecule has 0 amide bonds. The second kappa shape index (κ2) is 5.69. The maximum Gasteiger partial charge on any atom is 0.123 e. The van der Waals surface area contributed by atoms with Gasteiger partial charge in [0, 0.05) is 18.6 Å². The number of nitrogens with zero attached hydrogens (tertiary/aromatic N) is 1. The number of likely N-dealkylation sites (tertiary alicyclic amines) is 1. The maximum atomic E-state index is 13.4. The summed E-state index contributed by atoms with van der Waals surface area (Å²) in [7, 11) is 0. The molecule has 2 fully saturated rings. The number of piperidine rings is 1. The molecule has 3 unspecified atom stereocenters. The van der Waals surface area contributed by atoms with Gasteiger partial charge in [0.1, 0.15) is 5.82 Å². The van der Waals surface area contributed by atoms with Gasteiger partial charge in [0.15, 0.2) is 0 Å². The standard InChI is InChI=1S/C18H25FN2/c19-15-6-7-16-13(11-15)5-8-18(16)21-10-2-3-14(12-21)17-4-1-9-20-17/h6-7,11,14,17-18,20H,1-5,8-10,12H2. The summed E-state index contributed by atoms with van der Waals surface area (Å²) in [5.74, 6) is 0.729. The quantitative estimate of drug-likeness (QED) is 0.898. The number of benzene rings is 1. The highest BCUT2D eigenvalue weighted by atomic mass is 19.1. The van der Waals surface area contributed by atoms with Gasteiger partial charge in [-0.1, -0.05) is 6.07 Å². The number of aryl methyl sites for hydroxylation is 1. The fraction of sp³-hybridized carbons (Fsp3) is 0.667. The van der Waals surface area contributed by atoms with E-state index in [-0.39, 0.29) is 5.82 Å². The summed E-state index contributed by atoms with van der Waals surface area (Å²) in [6.45, 7) is 3.64. The summed E-state index contributed by atoms with van der Waals surface area (Å²) in [6, 6.07) is 6.68. The van der Waals surface area contributed by atoms with Crippen LogP contribution in [0, 0.1) is 11.7 Å². The molecule has 0 saturated carbocycles. The number of nitrogens with one attached hydrogen (secondary N) is 1. The van der Waals surface area contributed by atoms with Gasteiger partial charge in [-0.25, -0.2) is 4.39 Å². The molecule has 2 heterocycles. The molecule has 2 saturated heterocycles. The number of rotatable bonds is 2. The van der Waals surface area contributed by atoms with Crippen LogP contribution < -0.4 is 5.32 Å². The third kappa shape index (κ3) is 2.62. The Morgan fingerprint density at radius 2 is 2.10 bits per heavy atom. The van der Waals surface area contributed by atoms with Gasteiger partial charge in [0.25, 0.3) is 0 Å². The van der Waals surface area contributed by atoms with Crippen molar-refractivity contribution in [3.05, 3.63) is 35.1 Å². The summed E-state index contributed by atoms with van der Waals surface area (Å²) in [4.78, 5) is 2.68. The van der Waals surface area contributed by atoms with Crippen molar-refractivity contribution in [1.29, 1.82) is 0 Å². The maximum absolute atomic E-state index is 13.4. The van der Waals surface area contributed by atoms with Crippen molar-refractivity contribution < 1.29 is 4.39 Å². The van der Waals surface area contributed by atoms with Crippen molar-refractivity contribution in [3.63, 3.8) is 0 Å². The van der Waals surface area contributed by atoms with Crippen LogP contribution >= 0.6 is 0 Å². The summed E-state index contributed by atoms with van der Waals surface area (Å²) in [5, 5.41) is 3.69. The molecule has 114 valence electrons. The van der Waals surface area contributed by atoms with Crippen LogP contribution in [0.1, 0.15) is 49.3 Å². The van der Waals surface area contributed by atoms with Crippen LogP contribution in [-0.2, 0) is 6.42 Å². The summed E-state index contributed by atoms with van der Waals surface area (Å²) < 4.78 is 13.4. The number of hydrogen-bond donors (Lipinski definition) is 1. The Bertz CT molecular complexity index is 510. The third-order valence-electron chi connectivity index (χ3n) is 5.75. The van der Waals surface area contributed by atoms with Gasteiger partial charge in [-0.2, -0.15) is 0 Å². The van der Waals surface area contributed by atoms with E-state index in [1.807, 2.05) is 6.07 Å². The molecule has 0 bridgehead atoms. The normalized spacial score (nSPS) is 33.3. The van der Waals surface area contributed by atoms with Gasteiger partial charge in [0.05, 0.1) is 0 Å². The molecule has 0 spiro atoms. The Morgan fingerprint density at radius 1 is 1.14 bits per heavy atom. The first-order valence-corrected chi connectivity index (χ1v) is 8.57. The number of halogens is 1. The zero-order valence-electron chi connectivity index (χ0n) is 12.7. The van der Waals surface area contributed by atoms with E-state index in [9.17, 15) is 4.39 Å². The first kappa shape index (κ1) is 13.7. The predicted molar refractivity (Wildman–Crippen MR) is 82.8 cm³/mol. The molecule has 0 aromatic heterocycles. The topological polar surface area (TPSA) is 15.3 Å². The molecule has 1 aromatic rings. The van der Waals surface area contributed by atoms with E-state index >= 15 is 0 Å². The molecule has 3 heteroatoms. The van der Waals surface area contributed by atoms with Crippen LogP contribution in [0.25, 0.3) is 0 Å². The minimum atomic E-state index is -0.0823. The number of fused-ring (bicyclic) bond motifs is 1. The zero-order chi connectivity index (χ0) is 14.2. The first-order valence-electron chi connectivity index (χ1n) is 8.57. The molecule has 1 aliphatic carbocycles. The second-order valence-corrected chi connectivity index (χ2v) is 7.00. The highest BCUT2D eigenvalue weighted by molar-refractivity contribution is 5.35. The van der Waals surface area contributed by atoms with Crippen molar-refractivity contribution in [2.24, 2.45) is 5.92 Å². The highest BCUT2D eigenvalue weighted by Crippen LogP contribution is 2.39. The molecule has 3 aliphatic rings. The molecule has 3 atom stereocenters. The lowest BCUT2D eigenvalue weighted by Gasteiger charge is -2.39. The van der Waals surface area contributed by atoms with Crippen molar-refractivity contribution in [1.82, 2.24) is 10.2 Å². The van der Waals surface area contributed by atoms with Gasteiger partial charge in [0.2, 0.25) is 0 Å². The van der Waals surface area contributed by atoms with Crippen LogP contribution in [0.5, 0.6) is 0 Å². The van der Waals surface area contributed by atoms with Gasteiger partial charge >= 0.3 is 0 Å². The molecular weight excluding hydrogens is 263 g/mol. The predicted octanol–water partition coefficient (Wildman–Crippen LogP) is 3.28. The molecule has 2 nitrogen and oxygen atoms in total. The van der Waals surface area contributed by atoms with E-state index in [1.54, 1.807) is 12.1 Å². The van der Waals surface area contributed by atoms with Gasteiger partial charge in [-0.15, -0.1) is 0 Å². The van der Waals surface area contributed by atoms with Gasteiger partial charge in [-0.3, -0.25) is 4.90 Å². The lowest BCUT2D eigenvalue weighted by molar-refractivity contribution is 0.107. The van der Waals surface area contributed by atoms with Crippen molar-refractivity contribution in [2.45, 2.75) is 50.6 Å². The minimum absolute atomic E-state index is 0.0823. The van der Waals surface area contributed by atoms with E-state index in [0.29, 0.717) is 6.04 Å². The van der Waals surface area contributed by atoms with Crippen LogP contribution in [0.2, 0.25) is 0 Å². The number of hydrogen-bond acceptors (Lipinski definition) is 2. The summed E-state index contributed by atoms with van der Waals surface area (Å²) in [6.07, 6.45) is 7.59. The molecule has 2 aliphatic heterocycles. The smallest absolute Gasteiger partial charge is 0.123 e. The van der Waals surface area contributed by atoms with E-state index in [2.05, 4.69) is 10.2 Å². The Labute approximate surface area is 126 Å². The largest absolute Gasteiger partial charge is 0.314 e. The summed E-state index contributed by atoms with van der Waals surface area (Å²) in [5.41, 5.74) is 2.62. The molecular formula is C18H25FN2. The average molecular weight is 288 g/mol. The van der Waals surface area contributed by atoms with Gasteiger partial charge < -0.3 is 5.32 Å². The third-order valence-corrected chi connectivity index (χ3v) is 5.75. The van der Waals surface area contributed by atoms with Crippen molar-refractivity contribution in [3.8, 4) is 0 Å². The lowest BCUT2D eigenvalue weighted by Crippen LogP contribution is -2.44. The van der Waals surface area contributed by atoms with E-state index in [0.717, 1.165) is 18.4 Å².